The zero-order chi connectivity index (χ0) is 22.3. The SMILES string of the molecule is CC(C)(C)OC(=O)NC1CCCN(CC2CCN(C(=O)OCc3ccccc3)CC2)C1. The van der Waals surface area contributed by atoms with Crippen LogP contribution in [0.3, 0.4) is 0 Å². The summed E-state index contributed by atoms with van der Waals surface area (Å²) in [5.41, 5.74) is 0.527. The highest BCUT2D eigenvalue weighted by Gasteiger charge is 2.28. The quantitative estimate of drug-likeness (QED) is 0.762. The molecule has 2 aliphatic rings. The second-order valence-corrected chi connectivity index (χ2v) is 9.72. The van der Waals surface area contributed by atoms with Crippen molar-refractivity contribution in [3.8, 4) is 0 Å². The Labute approximate surface area is 186 Å². The number of piperidine rings is 2. The lowest BCUT2D eigenvalue weighted by Gasteiger charge is -2.38. The molecule has 172 valence electrons. The zero-order valence-electron chi connectivity index (χ0n) is 19.1. The van der Waals surface area contributed by atoms with Crippen LogP contribution in [0.25, 0.3) is 0 Å². The zero-order valence-corrected chi connectivity index (χ0v) is 19.1. The molecule has 2 fully saturated rings. The van der Waals surface area contributed by atoms with Crippen molar-refractivity contribution < 1.29 is 19.1 Å². The Morgan fingerprint density at radius 3 is 2.45 bits per heavy atom. The van der Waals surface area contributed by atoms with E-state index in [1.807, 2.05) is 56.0 Å². The molecule has 2 amide bonds. The molecule has 7 heteroatoms. The summed E-state index contributed by atoms with van der Waals surface area (Å²) in [6, 6.07) is 9.91. The highest BCUT2D eigenvalue weighted by Crippen LogP contribution is 2.21. The average Bonchev–Trinajstić information content (AvgIpc) is 2.72. The number of nitrogens with one attached hydrogen (secondary N) is 1. The van der Waals surface area contributed by atoms with Crippen molar-refractivity contribution in [2.75, 3.05) is 32.7 Å². The van der Waals surface area contributed by atoms with E-state index in [0.717, 1.165) is 64.0 Å². The fourth-order valence-electron chi connectivity index (χ4n) is 4.29. The number of carbonyl (C=O) groups is 2. The molecule has 2 aliphatic heterocycles. The van der Waals surface area contributed by atoms with Gasteiger partial charge >= 0.3 is 12.2 Å². The van der Waals surface area contributed by atoms with Crippen LogP contribution >= 0.6 is 0 Å². The predicted molar refractivity (Wildman–Crippen MR) is 120 cm³/mol. The first-order valence-electron chi connectivity index (χ1n) is 11.5. The summed E-state index contributed by atoms with van der Waals surface area (Å²) in [7, 11) is 0. The van der Waals surface area contributed by atoms with Crippen LogP contribution in [0.15, 0.2) is 30.3 Å². The number of alkyl carbamates (subject to hydrolysis) is 1. The lowest BCUT2D eigenvalue weighted by Crippen LogP contribution is -2.50. The van der Waals surface area contributed by atoms with E-state index in [1.165, 1.54) is 0 Å². The first-order valence-corrected chi connectivity index (χ1v) is 11.5. The molecule has 0 saturated carbocycles. The molecule has 0 aliphatic carbocycles. The number of hydrogen-bond donors (Lipinski definition) is 1. The summed E-state index contributed by atoms with van der Waals surface area (Å²) in [4.78, 5) is 28.7. The molecule has 0 spiro atoms. The van der Waals surface area contributed by atoms with Gasteiger partial charge in [-0.15, -0.1) is 0 Å². The Morgan fingerprint density at radius 1 is 1.06 bits per heavy atom. The molecule has 2 heterocycles. The van der Waals surface area contributed by atoms with E-state index in [9.17, 15) is 9.59 Å². The average molecular weight is 432 g/mol. The van der Waals surface area contributed by atoms with E-state index in [-0.39, 0.29) is 18.2 Å². The summed E-state index contributed by atoms with van der Waals surface area (Å²) in [5.74, 6) is 0.568. The molecule has 0 radical (unpaired) electrons. The first kappa shape index (κ1) is 23.4. The van der Waals surface area contributed by atoms with Crippen molar-refractivity contribution in [1.82, 2.24) is 15.1 Å². The van der Waals surface area contributed by atoms with Crippen LogP contribution in [0.1, 0.15) is 52.0 Å². The van der Waals surface area contributed by atoms with Gasteiger partial charge in [0.05, 0.1) is 0 Å². The summed E-state index contributed by atoms with van der Waals surface area (Å²) in [6.07, 6.45) is 3.48. The highest BCUT2D eigenvalue weighted by molar-refractivity contribution is 5.68. The molecule has 2 saturated heterocycles. The minimum absolute atomic E-state index is 0.136. The first-order chi connectivity index (χ1) is 14.8. The molecule has 1 aromatic carbocycles. The minimum atomic E-state index is -0.478. The lowest BCUT2D eigenvalue weighted by atomic mass is 9.95. The van der Waals surface area contributed by atoms with Crippen LogP contribution in [0.4, 0.5) is 9.59 Å². The van der Waals surface area contributed by atoms with Crippen LogP contribution in [-0.2, 0) is 16.1 Å². The number of nitrogens with zero attached hydrogens (tertiary/aromatic N) is 2. The van der Waals surface area contributed by atoms with Gasteiger partial charge in [0.15, 0.2) is 0 Å². The second-order valence-electron chi connectivity index (χ2n) is 9.72. The van der Waals surface area contributed by atoms with Gasteiger partial charge in [0, 0.05) is 32.2 Å². The number of carbonyl (C=O) groups excluding carboxylic acids is 2. The van der Waals surface area contributed by atoms with Crippen LogP contribution in [0.2, 0.25) is 0 Å². The van der Waals surface area contributed by atoms with Gasteiger partial charge in [-0.05, 0) is 64.5 Å². The smallest absolute Gasteiger partial charge is 0.410 e. The second kappa shape index (κ2) is 10.8. The van der Waals surface area contributed by atoms with Gasteiger partial charge in [-0.3, -0.25) is 0 Å². The Hall–Kier alpha value is -2.28. The fourth-order valence-corrected chi connectivity index (χ4v) is 4.29. The molecule has 0 bridgehead atoms. The Kier molecular flexibility index (Phi) is 8.18. The van der Waals surface area contributed by atoms with E-state index < -0.39 is 5.60 Å². The van der Waals surface area contributed by atoms with Gasteiger partial charge in [-0.1, -0.05) is 30.3 Å². The van der Waals surface area contributed by atoms with Gasteiger partial charge in [0.25, 0.3) is 0 Å². The van der Waals surface area contributed by atoms with Crippen molar-refractivity contribution in [2.24, 2.45) is 5.92 Å². The number of ether oxygens (including phenoxy) is 2. The van der Waals surface area contributed by atoms with Crippen molar-refractivity contribution in [3.63, 3.8) is 0 Å². The monoisotopic (exact) mass is 431 g/mol. The van der Waals surface area contributed by atoms with Crippen molar-refractivity contribution in [3.05, 3.63) is 35.9 Å². The topological polar surface area (TPSA) is 71.1 Å². The summed E-state index contributed by atoms with van der Waals surface area (Å²) >= 11 is 0. The van der Waals surface area contributed by atoms with E-state index in [4.69, 9.17) is 9.47 Å². The van der Waals surface area contributed by atoms with Crippen LogP contribution in [0, 0.1) is 5.92 Å². The van der Waals surface area contributed by atoms with E-state index in [1.54, 1.807) is 0 Å². The van der Waals surface area contributed by atoms with Crippen molar-refractivity contribution >= 4 is 12.2 Å². The predicted octanol–water partition coefficient (Wildman–Crippen LogP) is 4.02. The van der Waals surface area contributed by atoms with Crippen LogP contribution in [-0.4, -0.2) is 66.4 Å². The fraction of sp³-hybridized carbons (Fsp3) is 0.667. The molecule has 0 aromatic heterocycles. The minimum Gasteiger partial charge on any atom is -0.445 e. The standard InChI is InChI=1S/C24H37N3O4/c1-24(2,3)31-22(28)25-21-10-7-13-26(17-21)16-19-11-14-27(15-12-19)23(29)30-18-20-8-5-4-6-9-20/h4-6,8-9,19,21H,7,10-18H2,1-3H3,(H,25,28). The Bertz CT molecular complexity index is 711. The molecule has 3 rings (SSSR count). The number of benzene rings is 1. The van der Waals surface area contributed by atoms with E-state index >= 15 is 0 Å². The highest BCUT2D eigenvalue weighted by atomic mass is 16.6. The summed E-state index contributed by atoms with van der Waals surface area (Å²) in [6.45, 7) is 10.4. The normalized spacial score (nSPS) is 20.9. The number of hydrogen-bond acceptors (Lipinski definition) is 5. The molecule has 1 unspecified atom stereocenters. The molecule has 1 atom stereocenters. The molecular formula is C24H37N3O4. The molecule has 7 nitrogen and oxygen atoms in total. The van der Waals surface area contributed by atoms with Crippen LogP contribution < -0.4 is 5.32 Å². The van der Waals surface area contributed by atoms with Gasteiger partial charge in [-0.25, -0.2) is 9.59 Å². The van der Waals surface area contributed by atoms with Crippen LogP contribution in [0.5, 0.6) is 0 Å². The molecule has 1 N–H and O–H groups in total. The van der Waals surface area contributed by atoms with Gasteiger partial charge in [0.2, 0.25) is 0 Å². The number of rotatable bonds is 5. The van der Waals surface area contributed by atoms with E-state index in [2.05, 4.69) is 10.2 Å². The van der Waals surface area contributed by atoms with Crippen molar-refractivity contribution in [2.45, 2.75) is 64.7 Å². The maximum absolute atomic E-state index is 12.4. The molecular weight excluding hydrogens is 394 g/mol. The maximum Gasteiger partial charge on any atom is 0.410 e. The molecule has 31 heavy (non-hydrogen) atoms. The molecule has 1 aromatic rings. The maximum atomic E-state index is 12.4. The number of amides is 2. The van der Waals surface area contributed by atoms with Gasteiger partial charge < -0.3 is 24.6 Å². The van der Waals surface area contributed by atoms with Gasteiger partial charge in [0.1, 0.15) is 12.2 Å². The largest absolute Gasteiger partial charge is 0.445 e. The Morgan fingerprint density at radius 2 is 1.77 bits per heavy atom. The lowest BCUT2D eigenvalue weighted by molar-refractivity contribution is 0.0460. The summed E-state index contributed by atoms with van der Waals surface area (Å²) in [5, 5.41) is 3.02. The van der Waals surface area contributed by atoms with Gasteiger partial charge in [-0.2, -0.15) is 0 Å². The summed E-state index contributed by atoms with van der Waals surface area (Å²) < 4.78 is 10.9. The third kappa shape index (κ3) is 8.05. The third-order valence-electron chi connectivity index (χ3n) is 5.82. The Balaban J connectivity index is 1.36. The van der Waals surface area contributed by atoms with E-state index in [0.29, 0.717) is 12.5 Å². The number of likely N-dealkylation sites (tertiary alicyclic amines) is 2. The third-order valence-corrected chi connectivity index (χ3v) is 5.82. The van der Waals surface area contributed by atoms with Crippen molar-refractivity contribution in [1.29, 1.82) is 0 Å².